The average Bonchev–Trinajstić information content (AvgIpc) is 4.46. The van der Waals surface area contributed by atoms with Crippen molar-refractivity contribution in [1.29, 1.82) is 0 Å². The van der Waals surface area contributed by atoms with Crippen LogP contribution in [0.2, 0.25) is 0 Å². The van der Waals surface area contributed by atoms with Gasteiger partial charge in [-0.05, 0) is 76.9 Å². The molecule has 0 unspecified atom stereocenters. The second-order valence-corrected chi connectivity index (χ2v) is 19.4. The van der Waals surface area contributed by atoms with Crippen molar-refractivity contribution in [3.05, 3.63) is 249 Å². The molecule has 364 valence electrons. The first-order chi connectivity index (χ1) is 38.7. The van der Waals surface area contributed by atoms with Crippen LogP contribution in [0, 0.1) is 0 Å². The van der Waals surface area contributed by atoms with Crippen molar-refractivity contribution in [2.75, 3.05) is 0 Å². The third kappa shape index (κ3) is 6.75. The molecule has 0 fully saturated rings. The average molecular weight is 1000 g/mol. The number of benzene rings is 10. The molecule has 6 aromatic heterocycles. The first-order valence-electron chi connectivity index (χ1n) is 25.9. The van der Waals surface area contributed by atoms with Gasteiger partial charge in [-0.1, -0.05) is 194 Å². The SMILES string of the molecule is c1ccc(-c2nc(-c3ccccc3)nc(-n3c4ccccc4c4c(-c5cccc(-c6cccc7c6c6ccccc6n7-c6nc(-c7ccccc7)nc(-n7c8ccccc8n8c9ccccc9nc78)n6)c5)cccc43)n2)cc1. The Morgan fingerprint density at radius 1 is 0.244 bits per heavy atom. The number of nitrogens with zero attached hydrogens (tertiary/aromatic N) is 11. The van der Waals surface area contributed by atoms with Gasteiger partial charge >= 0.3 is 0 Å². The number of rotatable bonds is 8. The van der Waals surface area contributed by atoms with E-state index in [4.69, 9.17) is 34.9 Å². The van der Waals surface area contributed by atoms with Crippen LogP contribution in [0.5, 0.6) is 0 Å². The molecule has 11 nitrogen and oxygen atoms in total. The Morgan fingerprint density at radius 2 is 0.628 bits per heavy atom. The number of aromatic nitrogens is 11. The maximum atomic E-state index is 5.42. The minimum atomic E-state index is 0.467. The van der Waals surface area contributed by atoms with Crippen molar-refractivity contribution in [1.82, 2.24) is 53.0 Å². The smallest absolute Gasteiger partial charge is 0.242 e. The van der Waals surface area contributed by atoms with Crippen LogP contribution in [-0.4, -0.2) is 53.0 Å². The molecule has 0 bridgehead atoms. The van der Waals surface area contributed by atoms with Crippen molar-refractivity contribution in [2.24, 2.45) is 0 Å². The van der Waals surface area contributed by atoms with E-state index in [0.717, 1.165) is 110 Å². The van der Waals surface area contributed by atoms with Crippen molar-refractivity contribution in [3.63, 3.8) is 0 Å². The van der Waals surface area contributed by atoms with Crippen LogP contribution in [0.3, 0.4) is 0 Å². The van der Waals surface area contributed by atoms with Gasteiger partial charge in [0, 0.05) is 38.2 Å². The summed E-state index contributed by atoms with van der Waals surface area (Å²) in [6.07, 6.45) is 0. The monoisotopic (exact) mass is 999 g/mol. The van der Waals surface area contributed by atoms with Crippen LogP contribution in [0.25, 0.3) is 146 Å². The van der Waals surface area contributed by atoms with E-state index >= 15 is 0 Å². The Kier molecular flexibility index (Phi) is 9.66. The number of hydrogen-bond acceptors (Lipinski definition) is 7. The van der Waals surface area contributed by atoms with Crippen molar-refractivity contribution in [3.8, 4) is 74.3 Å². The van der Waals surface area contributed by atoms with E-state index in [9.17, 15) is 0 Å². The van der Waals surface area contributed by atoms with Gasteiger partial charge in [-0.2, -0.15) is 24.9 Å². The molecule has 0 amide bonds. The van der Waals surface area contributed by atoms with Crippen molar-refractivity contribution < 1.29 is 0 Å². The van der Waals surface area contributed by atoms with Gasteiger partial charge in [-0.25, -0.2) is 14.5 Å². The summed E-state index contributed by atoms with van der Waals surface area (Å²) in [5, 5.41) is 4.38. The van der Waals surface area contributed by atoms with Crippen LogP contribution in [-0.2, 0) is 0 Å². The molecule has 16 aromatic rings. The summed E-state index contributed by atoms with van der Waals surface area (Å²) >= 11 is 0. The Balaban J connectivity index is 0.882. The fourth-order valence-corrected chi connectivity index (χ4v) is 11.5. The second-order valence-electron chi connectivity index (χ2n) is 19.4. The van der Waals surface area contributed by atoms with E-state index in [-0.39, 0.29) is 0 Å². The van der Waals surface area contributed by atoms with Gasteiger partial charge in [0.25, 0.3) is 0 Å². The third-order valence-electron chi connectivity index (χ3n) is 14.9. The summed E-state index contributed by atoms with van der Waals surface area (Å²) in [6, 6.07) is 85.9. The zero-order chi connectivity index (χ0) is 51.3. The fraction of sp³-hybridized carbons (Fsp3) is 0. The topological polar surface area (TPSA) is 109 Å². The largest absolute Gasteiger partial charge is 0.278 e. The Labute approximate surface area is 445 Å². The molecule has 78 heavy (non-hydrogen) atoms. The molecule has 0 aliphatic heterocycles. The maximum Gasteiger partial charge on any atom is 0.242 e. The van der Waals surface area contributed by atoms with Crippen LogP contribution < -0.4 is 0 Å². The van der Waals surface area contributed by atoms with E-state index in [0.29, 0.717) is 35.3 Å². The first-order valence-corrected chi connectivity index (χ1v) is 25.9. The second kappa shape index (κ2) is 17.3. The van der Waals surface area contributed by atoms with Gasteiger partial charge in [0.15, 0.2) is 17.5 Å². The normalized spacial score (nSPS) is 11.8. The lowest BCUT2D eigenvalue weighted by atomic mass is 9.94. The van der Waals surface area contributed by atoms with Crippen LogP contribution in [0.4, 0.5) is 0 Å². The molecule has 0 aliphatic rings. The quantitative estimate of drug-likeness (QED) is 0.149. The van der Waals surface area contributed by atoms with Crippen molar-refractivity contribution >= 4 is 71.5 Å². The number of fused-ring (bicyclic) bond motifs is 11. The maximum absolute atomic E-state index is 5.42. The molecule has 0 radical (unpaired) electrons. The molecule has 0 saturated carbocycles. The number of para-hydroxylation sites is 6. The zero-order valence-corrected chi connectivity index (χ0v) is 41.6. The van der Waals surface area contributed by atoms with E-state index in [1.165, 1.54) is 0 Å². The minimum absolute atomic E-state index is 0.467. The molecule has 0 saturated heterocycles. The lowest BCUT2D eigenvalue weighted by molar-refractivity contribution is 0.885. The molecule has 0 aliphatic carbocycles. The summed E-state index contributed by atoms with van der Waals surface area (Å²) in [5.41, 5.74) is 14.8. The van der Waals surface area contributed by atoms with E-state index in [2.05, 4.69) is 152 Å². The zero-order valence-electron chi connectivity index (χ0n) is 41.6. The van der Waals surface area contributed by atoms with E-state index in [1.807, 2.05) is 115 Å². The van der Waals surface area contributed by atoms with Crippen LogP contribution in [0.1, 0.15) is 0 Å². The highest BCUT2D eigenvalue weighted by molar-refractivity contribution is 6.17. The summed E-state index contributed by atoms with van der Waals surface area (Å²) in [5.74, 6) is 4.00. The molecular formula is C67H41N11. The van der Waals surface area contributed by atoms with Gasteiger partial charge in [0.05, 0.1) is 44.1 Å². The predicted molar refractivity (Wildman–Crippen MR) is 312 cm³/mol. The fourth-order valence-electron chi connectivity index (χ4n) is 11.5. The van der Waals surface area contributed by atoms with Crippen LogP contribution in [0.15, 0.2) is 249 Å². The molecule has 10 aromatic carbocycles. The molecule has 0 N–H and O–H groups in total. The number of imidazole rings is 2. The summed E-state index contributed by atoms with van der Waals surface area (Å²) in [6.45, 7) is 0. The molecule has 16 rings (SSSR count). The van der Waals surface area contributed by atoms with Gasteiger partial charge < -0.3 is 0 Å². The molecule has 0 spiro atoms. The van der Waals surface area contributed by atoms with E-state index < -0.39 is 0 Å². The van der Waals surface area contributed by atoms with Crippen LogP contribution >= 0.6 is 0 Å². The van der Waals surface area contributed by atoms with Gasteiger partial charge in [0.1, 0.15) is 0 Å². The predicted octanol–water partition coefficient (Wildman–Crippen LogP) is 15.3. The lowest BCUT2D eigenvalue weighted by Crippen LogP contribution is -2.10. The van der Waals surface area contributed by atoms with Gasteiger partial charge in [-0.3, -0.25) is 13.5 Å². The summed E-state index contributed by atoms with van der Waals surface area (Å²) in [4.78, 5) is 36.6. The highest BCUT2D eigenvalue weighted by Gasteiger charge is 2.25. The molecule has 6 heterocycles. The molecule has 11 heteroatoms. The Morgan fingerprint density at radius 3 is 1.17 bits per heavy atom. The number of hydrogen-bond donors (Lipinski definition) is 0. The van der Waals surface area contributed by atoms with Gasteiger partial charge in [0.2, 0.25) is 23.6 Å². The highest BCUT2D eigenvalue weighted by Crippen LogP contribution is 2.43. The lowest BCUT2D eigenvalue weighted by Gasteiger charge is -2.12. The molecule has 0 atom stereocenters. The standard InChI is InChI=1S/C67H41N11/c1-4-21-42(22-5-1)61-69-62(43-23-6-2-7-24-43)71-64(70-61)75-52-34-13-10-29-49(52)59-47(31-19-39-57(59)75)45-27-18-28-46(41-45)48-32-20-40-58-60(48)50-30-11-14-35-53(50)76(58)65-72-63(44-25-8-3-9-26-44)73-66(74-65)78-56-38-17-16-37-55(56)77-54-36-15-12-33-51(54)68-67(77)78/h1-41H. The first kappa shape index (κ1) is 43.5. The summed E-state index contributed by atoms with van der Waals surface area (Å²) < 4.78 is 8.62. The minimum Gasteiger partial charge on any atom is -0.278 e. The third-order valence-corrected chi connectivity index (χ3v) is 14.9. The Hall–Kier alpha value is -10.9. The van der Waals surface area contributed by atoms with Crippen molar-refractivity contribution in [2.45, 2.75) is 0 Å². The Bertz CT molecular complexity index is 4980. The summed E-state index contributed by atoms with van der Waals surface area (Å²) in [7, 11) is 0. The molecular weight excluding hydrogens is 959 g/mol. The van der Waals surface area contributed by atoms with Gasteiger partial charge in [-0.15, -0.1) is 0 Å². The van der Waals surface area contributed by atoms with E-state index in [1.54, 1.807) is 0 Å². The highest BCUT2D eigenvalue weighted by atomic mass is 15.3.